The van der Waals surface area contributed by atoms with Crippen LogP contribution in [0.1, 0.15) is 13.8 Å². The Hall–Kier alpha value is -2.54. The van der Waals surface area contributed by atoms with Crippen molar-refractivity contribution in [2.24, 2.45) is 5.92 Å². The molecule has 0 saturated carbocycles. The van der Waals surface area contributed by atoms with Crippen molar-refractivity contribution >= 4 is 11.5 Å². The molecule has 2 N–H and O–H groups in total. The van der Waals surface area contributed by atoms with E-state index in [0.29, 0.717) is 11.7 Å². The molecule has 3 rings (SSSR count). The number of aliphatic hydroxyl groups excluding tert-OH is 1. The maximum absolute atomic E-state index is 9.44. The fourth-order valence-electron chi connectivity index (χ4n) is 2.19. The predicted molar refractivity (Wildman–Crippen MR) is 83.3 cm³/mol. The van der Waals surface area contributed by atoms with Gasteiger partial charge in [0, 0.05) is 18.0 Å². The third-order valence-electron chi connectivity index (χ3n) is 3.55. The highest BCUT2D eigenvalue weighted by Crippen LogP contribution is 2.19. The van der Waals surface area contributed by atoms with Crippen molar-refractivity contribution in [3.05, 3.63) is 37.1 Å². The molecule has 3 heterocycles. The van der Waals surface area contributed by atoms with Gasteiger partial charge in [0.05, 0.1) is 24.5 Å². The Morgan fingerprint density at radius 3 is 2.64 bits per heavy atom. The van der Waals surface area contributed by atoms with Crippen LogP contribution in [0.2, 0.25) is 0 Å². The number of aliphatic hydroxyl groups is 1. The monoisotopic (exact) mass is 298 g/mol. The van der Waals surface area contributed by atoms with Crippen LogP contribution in [-0.2, 0) is 0 Å². The fourth-order valence-corrected chi connectivity index (χ4v) is 2.19. The molecular weight excluding hydrogens is 280 g/mol. The van der Waals surface area contributed by atoms with E-state index in [2.05, 4.69) is 39.2 Å². The molecule has 3 aromatic rings. The zero-order valence-corrected chi connectivity index (χ0v) is 12.5. The molecule has 0 aliphatic rings. The highest BCUT2D eigenvalue weighted by Gasteiger charge is 2.14. The van der Waals surface area contributed by atoms with E-state index < -0.39 is 0 Å². The van der Waals surface area contributed by atoms with Crippen molar-refractivity contribution < 1.29 is 5.11 Å². The Balaban J connectivity index is 1.98. The average molecular weight is 298 g/mol. The van der Waals surface area contributed by atoms with Crippen molar-refractivity contribution in [2.75, 3.05) is 11.9 Å². The SMILES string of the molecule is CC(C)C(CO)Nc1ccc2ncc(-c3cncnc3)n2n1. The normalized spacial score (nSPS) is 12.7. The molecule has 0 aromatic carbocycles. The Bertz CT molecular complexity index is 755. The molecule has 0 radical (unpaired) electrons. The first-order valence-electron chi connectivity index (χ1n) is 7.16. The van der Waals surface area contributed by atoms with Crippen LogP contribution in [0.15, 0.2) is 37.1 Å². The average Bonchev–Trinajstić information content (AvgIpc) is 2.96. The van der Waals surface area contributed by atoms with Crippen LogP contribution in [0.4, 0.5) is 5.82 Å². The van der Waals surface area contributed by atoms with E-state index in [1.54, 1.807) is 23.1 Å². The number of nitrogens with zero attached hydrogens (tertiary/aromatic N) is 5. The van der Waals surface area contributed by atoms with E-state index in [1.165, 1.54) is 6.33 Å². The first-order valence-corrected chi connectivity index (χ1v) is 7.16. The minimum Gasteiger partial charge on any atom is -0.394 e. The molecule has 1 unspecified atom stereocenters. The maximum atomic E-state index is 9.44. The summed E-state index contributed by atoms with van der Waals surface area (Å²) < 4.78 is 1.75. The number of aromatic nitrogens is 5. The number of imidazole rings is 1. The van der Waals surface area contributed by atoms with Gasteiger partial charge >= 0.3 is 0 Å². The fraction of sp³-hybridized carbons (Fsp3) is 0.333. The van der Waals surface area contributed by atoms with Crippen molar-refractivity contribution in [3.63, 3.8) is 0 Å². The zero-order valence-electron chi connectivity index (χ0n) is 12.5. The second-order valence-corrected chi connectivity index (χ2v) is 5.44. The van der Waals surface area contributed by atoms with Gasteiger partial charge in [0.15, 0.2) is 5.65 Å². The standard InChI is InChI=1S/C15H18N6O/c1-10(2)12(8-22)19-14-3-4-15-18-7-13(21(15)20-14)11-5-16-9-17-6-11/h3-7,9-10,12,22H,8H2,1-2H3,(H,19,20). The van der Waals surface area contributed by atoms with Gasteiger partial charge in [-0.1, -0.05) is 13.8 Å². The number of rotatable bonds is 5. The van der Waals surface area contributed by atoms with Gasteiger partial charge in [0.2, 0.25) is 0 Å². The highest BCUT2D eigenvalue weighted by atomic mass is 16.3. The summed E-state index contributed by atoms with van der Waals surface area (Å²) in [6.07, 6.45) is 6.68. The van der Waals surface area contributed by atoms with E-state index >= 15 is 0 Å². The summed E-state index contributed by atoms with van der Waals surface area (Å²) in [5, 5.41) is 17.2. The van der Waals surface area contributed by atoms with Gasteiger partial charge in [-0.05, 0) is 18.1 Å². The molecule has 0 amide bonds. The van der Waals surface area contributed by atoms with Gasteiger partial charge in [-0.25, -0.2) is 19.5 Å². The van der Waals surface area contributed by atoms with Crippen LogP contribution >= 0.6 is 0 Å². The molecule has 114 valence electrons. The molecule has 0 saturated heterocycles. The number of nitrogens with one attached hydrogen (secondary N) is 1. The van der Waals surface area contributed by atoms with E-state index in [4.69, 9.17) is 0 Å². The van der Waals surface area contributed by atoms with Gasteiger partial charge in [-0.15, -0.1) is 5.10 Å². The third kappa shape index (κ3) is 2.75. The smallest absolute Gasteiger partial charge is 0.154 e. The molecule has 0 spiro atoms. The van der Waals surface area contributed by atoms with Gasteiger partial charge in [0.1, 0.15) is 12.1 Å². The van der Waals surface area contributed by atoms with Gasteiger partial charge < -0.3 is 10.4 Å². The molecule has 0 aliphatic heterocycles. The summed E-state index contributed by atoms with van der Waals surface area (Å²) in [7, 11) is 0. The molecule has 0 bridgehead atoms. The van der Waals surface area contributed by atoms with Crippen LogP contribution in [0.3, 0.4) is 0 Å². The molecular formula is C15H18N6O. The van der Waals surface area contributed by atoms with E-state index in [9.17, 15) is 5.11 Å². The molecule has 1 atom stereocenters. The van der Waals surface area contributed by atoms with Crippen LogP contribution in [0, 0.1) is 5.92 Å². The molecule has 22 heavy (non-hydrogen) atoms. The maximum Gasteiger partial charge on any atom is 0.154 e. The molecule has 3 aromatic heterocycles. The van der Waals surface area contributed by atoms with Crippen LogP contribution < -0.4 is 5.32 Å². The summed E-state index contributed by atoms with van der Waals surface area (Å²) in [4.78, 5) is 12.4. The predicted octanol–water partition coefficient (Wildman–Crippen LogP) is 1.62. The minimum atomic E-state index is -0.0445. The van der Waals surface area contributed by atoms with Crippen molar-refractivity contribution in [1.29, 1.82) is 0 Å². The quantitative estimate of drug-likeness (QED) is 0.744. The molecule has 0 aliphatic carbocycles. The summed E-state index contributed by atoms with van der Waals surface area (Å²) in [5.74, 6) is 0.989. The van der Waals surface area contributed by atoms with Crippen LogP contribution in [0.5, 0.6) is 0 Å². The zero-order chi connectivity index (χ0) is 15.5. The molecule has 0 fully saturated rings. The first kappa shape index (κ1) is 14.4. The Morgan fingerprint density at radius 1 is 1.18 bits per heavy atom. The lowest BCUT2D eigenvalue weighted by Crippen LogP contribution is -2.30. The Morgan fingerprint density at radius 2 is 1.95 bits per heavy atom. The highest BCUT2D eigenvalue weighted by molar-refractivity contribution is 5.61. The lowest BCUT2D eigenvalue weighted by Gasteiger charge is -2.20. The largest absolute Gasteiger partial charge is 0.394 e. The molecule has 7 heteroatoms. The van der Waals surface area contributed by atoms with Gasteiger partial charge in [-0.3, -0.25) is 0 Å². The van der Waals surface area contributed by atoms with E-state index in [0.717, 1.165) is 16.9 Å². The van der Waals surface area contributed by atoms with E-state index in [1.807, 2.05) is 12.1 Å². The summed E-state index contributed by atoms with van der Waals surface area (Å²) >= 11 is 0. The van der Waals surface area contributed by atoms with Crippen LogP contribution in [0.25, 0.3) is 16.9 Å². The number of hydrogen-bond acceptors (Lipinski definition) is 6. The minimum absolute atomic E-state index is 0.0445. The van der Waals surface area contributed by atoms with Crippen LogP contribution in [-0.4, -0.2) is 42.3 Å². The Labute approximate surface area is 128 Å². The lowest BCUT2D eigenvalue weighted by molar-refractivity contribution is 0.249. The summed E-state index contributed by atoms with van der Waals surface area (Å²) in [6, 6.07) is 3.70. The van der Waals surface area contributed by atoms with E-state index in [-0.39, 0.29) is 12.6 Å². The topological polar surface area (TPSA) is 88.2 Å². The summed E-state index contributed by atoms with van der Waals surface area (Å²) in [6.45, 7) is 4.16. The second kappa shape index (κ2) is 6.07. The molecule has 7 nitrogen and oxygen atoms in total. The lowest BCUT2D eigenvalue weighted by atomic mass is 10.1. The van der Waals surface area contributed by atoms with Crippen molar-refractivity contribution in [3.8, 4) is 11.3 Å². The summed E-state index contributed by atoms with van der Waals surface area (Å²) in [5.41, 5.74) is 2.42. The Kier molecular flexibility index (Phi) is 3.97. The number of fused-ring (bicyclic) bond motifs is 1. The number of hydrogen-bond donors (Lipinski definition) is 2. The van der Waals surface area contributed by atoms with Crippen molar-refractivity contribution in [2.45, 2.75) is 19.9 Å². The van der Waals surface area contributed by atoms with Gasteiger partial charge in [-0.2, -0.15) is 0 Å². The number of anilines is 1. The second-order valence-electron chi connectivity index (χ2n) is 5.44. The van der Waals surface area contributed by atoms with Gasteiger partial charge in [0.25, 0.3) is 0 Å². The van der Waals surface area contributed by atoms with Crippen molar-refractivity contribution in [1.82, 2.24) is 24.6 Å². The third-order valence-corrected chi connectivity index (χ3v) is 3.55. The first-order chi connectivity index (χ1) is 10.7.